The van der Waals surface area contributed by atoms with Crippen molar-refractivity contribution in [2.75, 3.05) is 0 Å². The zero-order valence-electron chi connectivity index (χ0n) is 16.9. The summed E-state index contributed by atoms with van der Waals surface area (Å²) in [6.07, 6.45) is 9.01. The maximum Gasteiger partial charge on any atom is 0.251 e. The number of carbonyl (C=O) groups is 2. The van der Waals surface area contributed by atoms with Gasteiger partial charge in [0.1, 0.15) is 0 Å². The molecule has 4 heteroatoms. The highest BCUT2D eigenvalue weighted by Crippen LogP contribution is 2.09. The molecule has 2 atom stereocenters. The van der Waals surface area contributed by atoms with Crippen LogP contribution in [0.2, 0.25) is 0 Å². The van der Waals surface area contributed by atoms with Gasteiger partial charge in [0.2, 0.25) is 0 Å². The number of rotatable bonds is 12. The van der Waals surface area contributed by atoms with Gasteiger partial charge in [-0.15, -0.1) is 0 Å². The van der Waals surface area contributed by atoms with Gasteiger partial charge in [-0.1, -0.05) is 52.4 Å². The third kappa shape index (κ3) is 8.50. The molecule has 0 heterocycles. The second-order valence-electron chi connectivity index (χ2n) is 7.32. The molecule has 0 fully saturated rings. The van der Waals surface area contributed by atoms with Crippen LogP contribution in [0.4, 0.5) is 0 Å². The number of nitrogens with one attached hydrogen (secondary N) is 2. The fourth-order valence-corrected chi connectivity index (χ4v) is 2.93. The maximum absolute atomic E-state index is 12.3. The van der Waals surface area contributed by atoms with Gasteiger partial charge in [0, 0.05) is 23.2 Å². The lowest BCUT2D eigenvalue weighted by Crippen LogP contribution is -2.33. The predicted octanol–water partition coefficient (Wildman–Crippen LogP) is 5.08. The number of carbonyl (C=O) groups excluding carboxylic acids is 2. The molecule has 0 spiro atoms. The van der Waals surface area contributed by atoms with Crippen LogP contribution in [0.1, 0.15) is 99.8 Å². The van der Waals surface area contributed by atoms with Crippen LogP contribution in [0, 0.1) is 0 Å². The summed E-state index contributed by atoms with van der Waals surface area (Å²) in [4.78, 5) is 24.6. The Morgan fingerprint density at radius 2 is 1.08 bits per heavy atom. The van der Waals surface area contributed by atoms with E-state index in [9.17, 15) is 9.59 Å². The number of benzene rings is 1. The summed E-state index contributed by atoms with van der Waals surface area (Å²) in [7, 11) is 0. The van der Waals surface area contributed by atoms with Crippen LogP contribution in [0.3, 0.4) is 0 Å². The molecule has 4 nitrogen and oxygen atoms in total. The first-order valence-electron chi connectivity index (χ1n) is 10.2. The largest absolute Gasteiger partial charge is 0.350 e. The molecule has 2 amide bonds. The normalized spacial score (nSPS) is 13.1. The van der Waals surface area contributed by atoms with Crippen molar-refractivity contribution >= 4 is 11.8 Å². The van der Waals surface area contributed by atoms with Gasteiger partial charge < -0.3 is 10.6 Å². The topological polar surface area (TPSA) is 58.2 Å². The van der Waals surface area contributed by atoms with Crippen LogP contribution in [-0.2, 0) is 0 Å². The van der Waals surface area contributed by atoms with Gasteiger partial charge in [-0.25, -0.2) is 0 Å². The third-order valence-electron chi connectivity index (χ3n) is 4.65. The summed E-state index contributed by atoms with van der Waals surface area (Å²) in [5.74, 6) is -0.150. The van der Waals surface area contributed by atoms with Crippen molar-refractivity contribution in [2.45, 2.75) is 91.1 Å². The van der Waals surface area contributed by atoms with Crippen molar-refractivity contribution in [3.63, 3.8) is 0 Å². The van der Waals surface area contributed by atoms with E-state index in [1.165, 1.54) is 25.7 Å². The molecule has 2 unspecified atom stereocenters. The van der Waals surface area contributed by atoms with E-state index >= 15 is 0 Å². The lowest BCUT2D eigenvalue weighted by atomic mass is 10.1. The third-order valence-corrected chi connectivity index (χ3v) is 4.65. The first kappa shape index (κ1) is 22.2. The monoisotopic (exact) mass is 360 g/mol. The maximum atomic E-state index is 12.3. The molecule has 0 saturated carbocycles. The summed E-state index contributed by atoms with van der Waals surface area (Å²) >= 11 is 0. The summed E-state index contributed by atoms with van der Waals surface area (Å²) in [6, 6.07) is 7.24. The lowest BCUT2D eigenvalue weighted by molar-refractivity contribution is 0.0925. The summed E-state index contributed by atoms with van der Waals surface area (Å²) < 4.78 is 0. The van der Waals surface area contributed by atoms with E-state index in [1.54, 1.807) is 24.3 Å². The van der Waals surface area contributed by atoms with Gasteiger partial charge in [-0.3, -0.25) is 9.59 Å². The van der Waals surface area contributed by atoms with Gasteiger partial charge in [0.25, 0.3) is 11.8 Å². The van der Waals surface area contributed by atoms with Crippen LogP contribution in [-0.4, -0.2) is 23.9 Å². The highest BCUT2D eigenvalue weighted by atomic mass is 16.2. The molecule has 1 rings (SSSR count). The fraction of sp³-hybridized carbons (Fsp3) is 0.636. The van der Waals surface area contributed by atoms with Gasteiger partial charge >= 0.3 is 0 Å². The Morgan fingerprint density at radius 1 is 0.731 bits per heavy atom. The standard InChI is InChI=1S/C22H36N2O2/c1-5-7-9-11-17(3)23-21(25)19-13-15-20(16-14-19)22(26)24-18(4)12-10-8-6-2/h13-18H,5-12H2,1-4H3,(H,23,25)(H,24,26). The molecule has 0 aromatic heterocycles. The van der Waals surface area contributed by atoms with Crippen LogP contribution < -0.4 is 10.6 Å². The molecule has 26 heavy (non-hydrogen) atoms. The second-order valence-corrected chi connectivity index (χ2v) is 7.32. The molecule has 1 aromatic carbocycles. The average Bonchev–Trinajstić information content (AvgIpc) is 2.62. The Hall–Kier alpha value is -1.84. The van der Waals surface area contributed by atoms with Crippen molar-refractivity contribution in [1.82, 2.24) is 10.6 Å². The molecule has 0 saturated heterocycles. The quantitative estimate of drug-likeness (QED) is 0.510. The number of hydrogen-bond donors (Lipinski definition) is 2. The molecule has 2 N–H and O–H groups in total. The molecule has 0 aliphatic heterocycles. The van der Waals surface area contributed by atoms with E-state index in [4.69, 9.17) is 0 Å². The van der Waals surface area contributed by atoms with E-state index in [0.29, 0.717) is 11.1 Å². The van der Waals surface area contributed by atoms with Gasteiger partial charge in [0.05, 0.1) is 0 Å². The molecular weight excluding hydrogens is 324 g/mol. The highest BCUT2D eigenvalue weighted by molar-refractivity contribution is 5.97. The fourth-order valence-electron chi connectivity index (χ4n) is 2.93. The van der Waals surface area contributed by atoms with E-state index in [1.807, 2.05) is 13.8 Å². The summed E-state index contributed by atoms with van der Waals surface area (Å²) in [6.45, 7) is 8.42. The highest BCUT2D eigenvalue weighted by Gasteiger charge is 2.12. The smallest absolute Gasteiger partial charge is 0.251 e. The molecule has 1 aromatic rings. The zero-order valence-corrected chi connectivity index (χ0v) is 16.9. The van der Waals surface area contributed by atoms with Gasteiger partial charge in [-0.2, -0.15) is 0 Å². The first-order chi connectivity index (χ1) is 12.5. The predicted molar refractivity (Wildman–Crippen MR) is 109 cm³/mol. The van der Waals surface area contributed by atoms with Crippen LogP contribution in [0.5, 0.6) is 0 Å². The molecule has 0 radical (unpaired) electrons. The van der Waals surface area contributed by atoms with E-state index < -0.39 is 0 Å². The van der Waals surface area contributed by atoms with Gasteiger partial charge in [-0.05, 0) is 51.0 Å². The molecule has 0 aliphatic rings. The molecule has 0 bridgehead atoms. The Morgan fingerprint density at radius 3 is 1.38 bits per heavy atom. The van der Waals surface area contributed by atoms with E-state index in [-0.39, 0.29) is 23.9 Å². The van der Waals surface area contributed by atoms with Crippen molar-refractivity contribution in [1.29, 1.82) is 0 Å². The van der Waals surface area contributed by atoms with E-state index in [2.05, 4.69) is 24.5 Å². The van der Waals surface area contributed by atoms with Crippen molar-refractivity contribution in [3.8, 4) is 0 Å². The minimum atomic E-state index is -0.0751. The first-order valence-corrected chi connectivity index (χ1v) is 10.2. The van der Waals surface area contributed by atoms with E-state index in [0.717, 1.165) is 25.7 Å². The SMILES string of the molecule is CCCCCC(C)NC(=O)c1ccc(C(=O)NC(C)CCCCC)cc1. The van der Waals surface area contributed by atoms with Crippen molar-refractivity contribution < 1.29 is 9.59 Å². The number of unbranched alkanes of at least 4 members (excludes halogenated alkanes) is 4. The summed E-state index contributed by atoms with van der Waals surface area (Å²) in [5, 5.41) is 6.05. The molecule has 0 aliphatic carbocycles. The van der Waals surface area contributed by atoms with Gasteiger partial charge in [0.15, 0.2) is 0 Å². The Bertz CT molecular complexity index is 491. The lowest BCUT2D eigenvalue weighted by Gasteiger charge is -2.15. The Kier molecular flexibility index (Phi) is 10.7. The minimum Gasteiger partial charge on any atom is -0.350 e. The minimum absolute atomic E-state index is 0.0751. The average molecular weight is 361 g/mol. The van der Waals surface area contributed by atoms with Crippen LogP contribution in [0.25, 0.3) is 0 Å². The van der Waals surface area contributed by atoms with Crippen LogP contribution >= 0.6 is 0 Å². The van der Waals surface area contributed by atoms with Crippen LogP contribution in [0.15, 0.2) is 24.3 Å². The van der Waals surface area contributed by atoms with Crippen molar-refractivity contribution in [3.05, 3.63) is 35.4 Å². The molecule has 146 valence electrons. The van der Waals surface area contributed by atoms with Crippen molar-refractivity contribution in [2.24, 2.45) is 0 Å². The zero-order chi connectivity index (χ0) is 19.4. The Labute approximate surface area is 159 Å². The second kappa shape index (κ2) is 12.5. The Balaban J connectivity index is 2.48. The summed E-state index contributed by atoms with van der Waals surface area (Å²) in [5.41, 5.74) is 1.19. The number of hydrogen-bond acceptors (Lipinski definition) is 2. The number of amides is 2. The molecular formula is C22H36N2O2.